The highest BCUT2D eigenvalue weighted by atomic mass is 35.5. The van der Waals surface area contributed by atoms with Gasteiger partial charge in [-0.05, 0) is 50.0 Å². The average molecular weight is 505 g/mol. The van der Waals surface area contributed by atoms with E-state index in [2.05, 4.69) is 0 Å². The molecule has 35 heavy (non-hydrogen) atoms. The third-order valence-electron chi connectivity index (χ3n) is 5.76. The van der Waals surface area contributed by atoms with Crippen LogP contribution in [0.5, 0.6) is 23.0 Å². The van der Waals surface area contributed by atoms with Gasteiger partial charge in [-0.1, -0.05) is 11.6 Å². The second-order valence-electron chi connectivity index (χ2n) is 8.10. The third-order valence-corrected chi connectivity index (χ3v) is 6.05. The minimum absolute atomic E-state index is 0.0655. The number of nitrogens with zero attached hydrogens (tertiary/aromatic N) is 2. The van der Waals surface area contributed by atoms with Gasteiger partial charge in [-0.3, -0.25) is 9.59 Å². The molecule has 1 aliphatic heterocycles. The van der Waals surface area contributed by atoms with Crippen LogP contribution in [-0.4, -0.2) is 82.2 Å². The smallest absolute Gasteiger partial charge is 0.295 e. The second kappa shape index (κ2) is 10.9. The van der Waals surface area contributed by atoms with Crippen molar-refractivity contribution in [1.82, 2.24) is 9.80 Å². The summed E-state index contributed by atoms with van der Waals surface area (Å²) in [6.45, 7) is 0.751. The van der Waals surface area contributed by atoms with Gasteiger partial charge in [0.2, 0.25) is 5.75 Å². The molecule has 0 bridgehead atoms. The van der Waals surface area contributed by atoms with E-state index in [1.807, 2.05) is 19.0 Å². The van der Waals surface area contributed by atoms with Crippen LogP contribution in [0.25, 0.3) is 5.76 Å². The maximum absolute atomic E-state index is 13.2. The van der Waals surface area contributed by atoms with Gasteiger partial charge in [-0.15, -0.1) is 0 Å². The topological polar surface area (TPSA) is 97.8 Å². The quantitative estimate of drug-likeness (QED) is 0.315. The summed E-state index contributed by atoms with van der Waals surface area (Å²) in [6, 6.07) is 7.05. The van der Waals surface area contributed by atoms with Crippen molar-refractivity contribution >= 4 is 29.1 Å². The van der Waals surface area contributed by atoms with Crippen molar-refractivity contribution in [3.63, 3.8) is 0 Å². The lowest BCUT2D eigenvalue weighted by Gasteiger charge is -2.27. The van der Waals surface area contributed by atoms with Crippen LogP contribution in [0.2, 0.25) is 5.02 Å². The lowest BCUT2D eigenvalue weighted by atomic mass is 9.94. The summed E-state index contributed by atoms with van der Waals surface area (Å²) >= 11 is 6.25. The number of Topliss-reactive ketones (excluding diaryl/α,β-unsaturated/α-hetero) is 1. The van der Waals surface area contributed by atoms with E-state index in [0.29, 0.717) is 35.1 Å². The van der Waals surface area contributed by atoms with Crippen molar-refractivity contribution in [3.8, 4) is 23.0 Å². The standard InChI is InChI=1S/C25H29ClN2O7/c1-27(2)9-10-28-21(15-12-18(33-4)24(35-6)19(13-15)34-5)20(23(30)25(28)31)22(29)14-7-8-17(32-3)16(26)11-14/h7-8,11-13,21,29H,9-10H2,1-6H3/b22-20+/t21-/m0/s1. The van der Waals surface area contributed by atoms with Crippen molar-refractivity contribution < 1.29 is 33.6 Å². The summed E-state index contributed by atoms with van der Waals surface area (Å²) in [5, 5.41) is 11.5. The Balaban J connectivity index is 2.26. The number of aliphatic hydroxyl groups is 1. The molecule has 0 aliphatic carbocycles. The molecule has 2 aromatic rings. The molecule has 1 N–H and O–H groups in total. The first-order chi connectivity index (χ1) is 16.7. The lowest BCUT2D eigenvalue weighted by Crippen LogP contribution is -2.35. The summed E-state index contributed by atoms with van der Waals surface area (Å²) in [6.07, 6.45) is 0. The first-order valence-electron chi connectivity index (χ1n) is 10.7. The minimum Gasteiger partial charge on any atom is -0.507 e. The number of rotatable bonds is 9. The number of likely N-dealkylation sites (tertiary alicyclic amines) is 1. The zero-order chi connectivity index (χ0) is 25.9. The first kappa shape index (κ1) is 26.2. The maximum Gasteiger partial charge on any atom is 0.295 e. The van der Waals surface area contributed by atoms with E-state index in [-0.39, 0.29) is 28.5 Å². The number of carbonyl (C=O) groups is 2. The Morgan fingerprint density at radius 3 is 2.06 bits per heavy atom. The Hall–Kier alpha value is -3.43. The summed E-state index contributed by atoms with van der Waals surface area (Å²) in [5.74, 6) is -0.375. The molecule has 0 aromatic heterocycles. The molecule has 3 rings (SSSR count). The molecule has 1 aliphatic rings. The van der Waals surface area contributed by atoms with Gasteiger partial charge in [0, 0.05) is 18.7 Å². The molecular weight excluding hydrogens is 476 g/mol. The Morgan fingerprint density at radius 2 is 1.57 bits per heavy atom. The molecule has 2 aromatic carbocycles. The predicted molar refractivity (Wildman–Crippen MR) is 132 cm³/mol. The van der Waals surface area contributed by atoms with E-state index < -0.39 is 17.7 Å². The van der Waals surface area contributed by atoms with Crippen molar-refractivity contribution in [1.29, 1.82) is 0 Å². The molecule has 188 valence electrons. The van der Waals surface area contributed by atoms with Crippen LogP contribution in [-0.2, 0) is 9.59 Å². The first-order valence-corrected chi connectivity index (χ1v) is 11.1. The molecule has 0 spiro atoms. The minimum atomic E-state index is -0.899. The highest BCUT2D eigenvalue weighted by molar-refractivity contribution is 6.46. The number of carbonyl (C=O) groups excluding carboxylic acids is 2. The molecule has 1 atom stereocenters. The van der Waals surface area contributed by atoms with Crippen molar-refractivity contribution in [2.75, 3.05) is 55.6 Å². The summed E-state index contributed by atoms with van der Waals surface area (Å²) in [4.78, 5) is 29.7. The number of hydrogen-bond donors (Lipinski definition) is 1. The van der Waals surface area contributed by atoms with Gasteiger partial charge in [0.1, 0.15) is 11.5 Å². The van der Waals surface area contributed by atoms with E-state index in [4.69, 9.17) is 30.5 Å². The van der Waals surface area contributed by atoms with E-state index >= 15 is 0 Å². The van der Waals surface area contributed by atoms with Crippen LogP contribution in [0.3, 0.4) is 0 Å². The normalized spacial score (nSPS) is 17.1. The molecule has 1 heterocycles. The number of ether oxygens (including phenoxy) is 4. The third kappa shape index (κ3) is 5.01. The molecular formula is C25H29ClN2O7. The fourth-order valence-electron chi connectivity index (χ4n) is 3.99. The molecule has 0 saturated carbocycles. The molecule has 0 radical (unpaired) electrons. The predicted octanol–water partition coefficient (Wildman–Crippen LogP) is 3.36. The van der Waals surface area contributed by atoms with Crippen LogP contribution in [0.4, 0.5) is 0 Å². The number of ketones is 1. The van der Waals surface area contributed by atoms with Gasteiger partial charge in [0.25, 0.3) is 11.7 Å². The van der Waals surface area contributed by atoms with Gasteiger partial charge in [0.05, 0.1) is 45.1 Å². The van der Waals surface area contributed by atoms with Gasteiger partial charge >= 0.3 is 0 Å². The number of likely N-dealkylation sites (N-methyl/N-ethyl adjacent to an activating group) is 1. The monoisotopic (exact) mass is 504 g/mol. The van der Waals surface area contributed by atoms with E-state index in [0.717, 1.165) is 0 Å². The Bertz CT molecular complexity index is 1140. The van der Waals surface area contributed by atoms with Crippen molar-refractivity contribution in [3.05, 3.63) is 52.1 Å². The van der Waals surface area contributed by atoms with Crippen molar-refractivity contribution in [2.24, 2.45) is 0 Å². The molecule has 1 amide bonds. The molecule has 1 saturated heterocycles. The number of benzene rings is 2. The zero-order valence-corrected chi connectivity index (χ0v) is 21.3. The number of hydrogen-bond acceptors (Lipinski definition) is 8. The van der Waals surface area contributed by atoms with Gasteiger partial charge < -0.3 is 33.9 Å². The van der Waals surface area contributed by atoms with Crippen LogP contribution >= 0.6 is 11.6 Å². The lowest BCUT2D eigenvalue weighted by molar-refractivity contribution is -0.140. The maximum atomic E-state index is 13.2. The van der Waals surface area contributed by atoms with Gasteiger partial charge in [0.15, 0.2) is 11.5 Å². The second-order valence-corrected chi connectivity index (χ2v) is 8.51. The zero-order valence-electron chi connectivity index (χ0n) is 20.5. The van der Waals surface area contributed by atoms with Gasteiger partial charge in [-0.25, -0.2) is 0 Å². The van der Waals surface area contributed by atoms with Crippen LogP contribution in [0.15, 0.2) is 35.9 Å². The molecule has 1 fully saturated rings. The van der Waals surface area contributed by atoms with Gasteiger partial charge in [-0.2, -0.15) is 0 Å². The van der Waals surface area contributed by atoms with E-state index in [1.54, 1.807) is 24.3 Å². The Morgan fingerprint density at radius 1 is 0.971 bits per heavy atom. The Labute approximate surface area is 209 Å². The number of aliphatic hydroxyl groups excluding tert-OH is 1. The summed E-state index contributed by atoms with van der Waals surface area (Å²) in [5.41, 5.74) is 0.724. The highest BCUT2D eigenvalue weighted by Gasteiger charge is 2.46. The summed E-state index contributed by atoms with van der Waals surface area (Å²) in [7, 11) is 9.64. The van der Waals surface area contributed by atoms with E-state index in [1.165, 1.54) is 39.4 Å². The SMILES string of the molecule is COc1ccc(/C(O)=C2\C(=O)C(=O)N(CCN(C)C)[C@H]2c2cc(OC)c(OC)c(OC)c2)cc1Cl. The number of amides is 1. The highest BCUT2D eigenvalue weighted by Crippen LogP contribution is 2.45. The fourth-order valence-corrected chi connectivity index (χ4v) is 4.25. The molecule has 10 heteroatoms. The summed E-state index contributed by atoms with van der Waals surface area (Å²) < 4.78 is 21.5. The van der Waals surface area contributed by atoms with E-state index in [9.17, 15) is 14.7 Å². The van der Waals surface area contributed by atoms with Crippen LogP contribution in [0.1, 0.15) is 17.2 Å². The number of halogens is 1. The molecule has 9 nitrogen and oxygen atoms in total. The number of methoxy groups -OCH3 is 4. The van der Waals surface area contributed by atoms with Crippen LogP contribution in [0, 0.1) is 0 Å². The largest absolute Gasteiger partial charge is 0.507 e. The van der Waals surface area contributed by atoms with Crippen LogP contribution < -0.4 is 18.9 Å². The molecule has 0 unspecified atom stereocenters. The average Bonchev–Trinajstić information content (AvgIpc) is 3.10. The van der Waals surface area contributed by atoms with Crippen molar-refractivity contribution in [2.45, 2.75) is 6.04 Å². The fraction of sp³-hybridized carbons (Fsp3) is 0.360. The Kier molecular flexibility index (Phi) is 8.14.